The number of phenols is 1. The molecule has 1 aliphatic heterocycles. The quantitative estimate of drug-likeness (QED) is 0.216. The van der Waals surface area contributed by atoms with E-state index in [1.54, 1.807) is 0 Å². The van der Waals surface area contributed by atoms with E-state index in [0.717, 1.165) is 49.0 Å². The lowest BCUT2D eigenvalue weighted by molar-refractivity contribution is -0.757. The van der Waals surface area contributed by atoms with Gasteiger partial charge in [-0.25, -0.2) is 0 Å². The molecule has 0 fully saturated rings. The van der Waals surface area contributed by atoms with Gasteiger partial charge in [-0.1, -0.05) is 39.2 Å². The van der Waals surface area contributed by atoms with Crippen molar-refractivity contribution in [3.63, 3.8) is 0 Å². The van der Waals surface area contributed by atoms with Gasteiger partial charge in [0.15, 0.2) is 0 Å². The highest BCUT2D eigenvalue weighted by atomic mass is 16.9. The molecule has 1 aromatic carbocycles. The number of rotatable bonds is 10. The first-order valence-corrected chi connectivity index (χ1v) is 13.1. The second-order valence-electron chi connectivity index (χ2n) is 10.9. The maximum Gasteiger partial charge on any atom is 0.294 e. The lowest BCUT2D eigenvalue weighted by Crippen LogP contribution is -2.45. The Morgan fingerprint density at radius 3 is 2.69 bits per heavy atom. The second kappa shape index (κ2) is 10.9. The highest BCUT2D eigenvalue weighted by molar-refractivity contribution is 5.68. The van der Waals surface area contributed by atoms with Crippen LogP contribution in [0.25, 0.3) is 5.57 Å². The van der Waals surface area contributed by atoms with Crippen molar-refractivity contribution >= 4 is 5.57 Å². The monoisotopic (exact) mass is 494 g/mol. The standard InChI is InChI=1S/C29H38N2O5/c1-19(8-6-5-7-15-35-31(33)34)20(2)23-17-26(32)28-24-16-22(21-11-13-30-14-12-21)9-10-25(24)29(3,4)36-27(28)18-23/h9,11-14,17-20,24-25,32H,5-8,10,15-16H2,1-4H3/t19?,20?,24-,25-/m1/s1. The summed E-state index contributed by atoms with van der Waals surface area (Å²) in [4.78, 5) is 18.8. The molecule has 4 rings (SSSR count). The number of aromatic hydroxyl groups is 1. The Morgan fingerprint density at radius 2 is 1.97 bits per heavy atom. The zero-order valence-corrected chi connectivity index (χ0v) is 21.8. The van der Waals surface area contributed by atoms with Crippen LogP contribution >= 0.6 is 0 Å². The molecule has 7 nitrogen and oxygen atoms in total. The number of benzene rings is 1. The summed E-state index contributed by atoms with van der Waals surface area (Å²) < 4.78 is 6.56. The second-order valence-corrected chi connectivity index (χ2v) is 10.9. The lowest BCUT2D eigenvalue weighted by atomic mass is 9.66. The van der Waals surface area contributed by atoms with E-state index < -0.39 is 5.09 Å². The zero-order valence-electron chi connectivity index (χ0n) is 21.8. The van der Waals surface area contributed by atoms with Gasteiger partial charge in [-0.15, -0.1) is 10.1 Å². The highest BCUT2D eigenvalue weighted by Crippen LogP contribution is 2.55. The molecule has 2 aliphatic rings. The van der Waals surface area contributed by atoms with E-state index >= 15 is 0 Å². The third kappa shape index (κ3) is 5.66. The van der Waals surface area contributed by atoms with Crippen molar-refractivity contribution in [1.82, 2.24) is 4.98 Å². The number of hydrogen-bond donors (Lipinski definition) is 1. The smallest absolute Gasteiger partial charge is 0.294 e. The lowest BCUT2D eigenvalue weighted by Gasteiger charge is -2.47. The van der Waals surface area contributed by atoms with E-state index in [0.29, 0.717) is 24.0 Å². The Morgan fingerprint density at radius 1 is 1.22 bits per heavy atom. The Hall–Kier alpha value is -3.09. The largest absolute Gasteiger partial charge is 0.508 e. The van der Waals surface area contributed by atoms with Gasteiger partial charge in [-0.2, -0.15) is 0 Å². The van der Waals surface area contributed by atoms with Crippen LogP contribution in [0.5, 0.6) is 11.5 Å². The van der Waals surface area contributed by atoms with Crippen LogP contribution in [0.3, 0.4) is 0 Å². The first-order chi connectivity index (χ1) is 17.2. The first kappa shape index (κ1) is 26.0. The summed E-state index contributed by atoms with van der Waals surface area (Å²) in [6.07, 6.45) is 11.3. The van der Waals surface area contributed by atoms with E-state index in [4.69, 9.17) is 4.74 Å². The summed E-state index contributed by atoms with van der Waals surface area (Å²) in [6.45, 7) is 8.91. The molecule has 1 aromatic heterocycles. The molecule has 36 heavy (non-hydrogen) atoms. The van der Waals surface area contributed by atoms with E-state index in [1.165, 1.54) is 11.1 Å². The highest BCUT2D eigenvalue weighted by Gasteiger charge is 2.46. The van der Waals surface area contributed by atoms with Crippen molar-refractivity contribution in [1.29, 1.82) is 0 Å². The molecule has 0 bridgehead atoms. The van der Waals surface area contributed by atoms with Crippen LogP contribution < -0.4 is 4.74 Å². The van der Waals surface area contributed by atoms with Crippen LogP contribution in [0.15, 0.2) is 42.7 Å². The number of aromatic nitrogens is 1. The summed E-state index contributed by atoms with van der Waals surface area (Å²) in [5, 5.41) is 20.8. The van der Waals surface area contributed by atoms with Crippen molar-refractivity contribution in [3.05, 3.63) is 69.5 Å². The maximum absolute atomic E-state index is 11.3. The van der Waals surface area contributed by atoms with Crippen LogP contribution in [-0.4, -0.2) is 27.4 Å². The van der Waals surface area contributed by atoms with Gasteiger partial charge in [-0.3, -0.25) is 4.98 Å². The van der Waals surface area contributed by atoms with Crippen LogP contribution in [0, 0.1) is 22.0 Å². The van der Waals surface area contributed by atoms with Crippen LogP contribution in [0.1, 0.15) is 94.7 Å². The normalized spacial score (nSPS) is 21.8. The molecule has 7 heteroatoms. The fourth-order valence-corrected chi connectivity index (χ4v) is 5.94. The Bertz CT molecular complexity index is 1100. The van der Waals surface area contributed by atoms with Gasteiger partial charge in [0.1, 0.15) is 17.1 Å². The summed E-state index contributed by atoms with van der Waals surface area (Å²) in [7, 11) is 0. The van der Waals surface area contributed by atoms with E-state index in [9.17, 15) is 15.2 Å². The average Bonchev–Trinajstić information content (AvgIpc) is 2.84. The first-order valence-electron chi connectivity index (χ1n) is 13.1. The molecule has 2 heterocycles. The molecule has 2 aromatic rings. The molecular weight excluding hydrogens is 456 g/mol. The fourth-order valence-electron chi connectivity index (χ4n) is 5.94. The molecule has 1 N–H and O–H groups in total. The minimum Gasteiger partial charge on any atom is -0.508 e. The minimum atomic E-state index is -0.734. The van der Waals surface area contributed by atoms with Crippen molar-refractivity contribution < 1.29 is 19.8 Å². The summed E-state index contributed by atoms with van der Waals surface area (Å²) in [5.74, 6) is 2.28. The topological polar surface area (TPSA) is 94.7 Å². The van der Waals surface area contributed by atoms with Crippen molar-refractivity contribution in [2.75, 3.05) is 6.61 Å². The number of pyridine rings is 1. The Labute approximate surface area is 213 Å². The van der Waals surface area contributed by atoms with Gasteiger partial charge >= 0.3 is 0 Å². The fraction of sp³-hybridized carbons (Fsp3) is 0.552. The third-order valence-corrected chi connectivity index (χ3v) is 8.25. The number of ether oxygens (including phenoxy) is 1. The number of phenolic OH excluding ortho intramolecular Hbond substituents is 1. The van der Waals surface area contributed by atoms with E-state index in [1.807, 2.05) is 18.5 Å². The molecule has 4 atom stereocenters. The summed E-state index contributed by atoms with van der Waals surface area (Å²) in [5.41, 5.74) is 4.19. The Balaban J connectivity index is 1.49. The molecule has 1 aliphatic carbocycles. The molecule has 2 unspecified atom stereocenters. The van der Waals surface area contributed by atoms with Gasteiger partial charge in [-0.05, 0) is 85.9 Å². The predicted molar refractivity (Wildman–Crippen MR) is 139 cm³/mol. The summed E-state index contributed by atoms with van der Waals surface area (Å²) >= 11 is 0. The van der Waals surface area contributed by atoms with Gasteiger partial charge in [0.05, 0.1) is 6.61 Å². The van der Waals surface area contributed by atoms with E-state index in [2.05, 4.69) is 61.8 Å². The van der Waals surface area contributed by atoms with Crippen molar-refractivity contribution in [3.8, 4) is 11.5 Å². The van der Waals surface area contributed by atoms with Gasteiger partial charge < -0.3 is 14.7 Å². The van der Waals surface area contributed by atoms with Crippen molar-refractivity contribution in [2.24, 2.45) is 11.8 Å². The van der Waals surface area contributed by atoms with Crippen molar-refractivity contribution in [2.45, 2.75) is 83.7 Å². The molecule has 0 spiro atoms. The molecular formula is C29H38N2O5. The zero-order chi connectivity index (χ0) is 25.9. The van der Waals surface area contributed by atoms with Gasteiger partial charge in [0.25, 0.3) is 5.09 Å². The molecule has 0 saturated heterocycles. The maximum atomic E-state index is 11.3. The van der Waals surface area contributed by atoms with Crippen LogP contribution in [-0.2, 0) is 4.84 Å². The third-order valence-electron chi connectivity index (χ3n) is 8.25. The molecule has 0 amide bonds. The average molecular weight is 495 g/mol. The van der Waals surface area contributed by atoms with Crippen LogP contribution in [0.2, 0.25) is 0 Å². The predicted octanol–water partition coefficient (Wildman–Crippen LogP) is 7.04. The number of fused-ring (bicyclic) bond motifs is 3. The number of hydrogen-bond acceptors (Lipinski definition) is 6. The molecule has 0 saturated carbocycles. The number of unbranched alkanes of at least 4 members (excludes halogenated alkanes) is 2. The minimum absolute atomic E-state index is 0.156. The molecule has 194 valence electrons. The molecule has 0 radical (unpaired) electrons. The number of nitrogens with zero attached hydrogens (tertiary/aromatic N) is 2. The van der Waals surface area contributed by atoms with E-state index in [-0.39, 0.29) is 24.0 Å². The SMILES string of the molecule is CC(CCCCCO[N+](=O)[O-])C(C)c1cc(O)c2c(c1)OC(C)(C)[C@@H]1CC=C(c3ccncc3)C[C@@H]21. The van der Waals surface area contributed by atoms with Crippen LogP contribution in [0.4, 0.5) is 0 Å². The Kier molecular flexibility index (Phi) is 7.86. The van der Waals surface area contributed by atoms with Gasteiger partial charge in [0.2, 0.25) is 0 Å². The van der Waals surface area contributed by atoms with Gasteiger partial charge in [0, 0.05) is 29.8 Å². The number of allylic oxidation sites excluding steroid dienone is 2. The summed E-state index contributed by atoms with van der Waals surface area (Å²) in [6, 6.07) is 8.19.